The highest BCUT2D eigenvalue weighted by Gasteiger charge is 2.73. The van der Waals surface area contributed by atoms with E-state index in [4.69, 9.17) is 11.5 Å². The first-order valence-corrected chi connectivity index (χ1v) is 7.86. The summed E-state index contributed by atoms with van der Waals surface area (Å²) >= 11 is 0. The second kappa shape index (κ2) is 6.94. The number of anilines is 2. The fourth-order valence-corrected chi connectivity index (χ4v) is 2.99. The number of hydrogen-bond donors (Lipinski definition) is 4. The molecule has 0 unspecified atom stereocenters. The summed E-state index contributed by atoms with van der Waals surface area (Å²) in [6.45, 7) is 0. The van der Waals surface area contributed by atoms with Crippen molar-refractivity contribution in [2.24, 2.45) is 0 Å². The number of halogens is 12. The van der Waals surface area contributed by atoms with Crippen LogP contribution in [0.5, 0.6) is 0 Å². The van der Waals surface area contributed by atoms with Gasteiger partial charge in [0.2, 0.25) is 0 Å². The van der Waals surface area contributed by atoms with E-state index in [1.54, 1.807) is 0 Å². The highest BCUT2D eigenvalue weighted by Crippen LogP contribution is 2.55. The summed E-state index contributed by atoms with van der Waals surface area (Å²) in [5.74, 6) is 0. The molecule has 0 saturated heterocycles. The van der Waals surface area contributed by atoms with E-state index in [1.807, 2.05) is 0 Å². The second-order valence-corrected chi connectivity index (χ2v) is 6.60. The number of fused-ring (bicyclic) bond motifs is 1. The highest BCUT2D eigenvalue weighted by atomic mass is 19.4. The minimum Gasteiger partial charge on any atom is -0.398 e. The standard InChI is InChI=1S/C16H10F12N2O2/c17-13(18,19)11(31,14(20,21)22)7-1-2-9(29)6-3-8(10(30)4-5(6)7)12(32,15(23,24)25)16(26,27)28/h1-4,31-32H,29-30H2. The number of nitrogen functional groups attached to an aromatic ring is 2. The summed E-state index contributed by atoms with van der Waals surface area (Å²) in [6, 6.07) is -0.0172. The van der Waals surface area contributed by atoms with Gasteiger partial charge in [0, 0.05) is 27.9 Å². The first-order chi connectivity index (χ1) is 14.0. The smallest absolute Gasteiger partial charge is 0.398 e. The molecule has 0 aliphatic heterocycles. The Balaban J connectivity index is 3.06. The maximum absolute atomic E-state index is 13.2. The zero-order valence-electron chi connectivity index (χ0n) is 14.9. The molecule has 0 heterocycles. The number of nitrogens with two attached hydrogens (primary N) is 2. The van der Waals surface area contributed by atoms with Gasteiger partial charge in [0.25, 0.3) is 11.2 Å². The van der Waals surface area contributed by atoms with Crippen LogP contribution in [0.3, 0.4) is 0 Å². The molecular formula is C16H10F12N2O2. The predicted molar refractivity (Wildman–Crippen MR) is 84.8 cm³/mol. The molecule has 0 amide bonds. The topological polar surface area (TPSA) is 92.5 Å². The summed E-state index contributed by atoms with van der Waals surface area (Å²) in [5.41, 5.74) is -7.50. The number of rotatable bonds is 2. The molecule has 2 aromatic rings. The normalized spacial score (nSPS) is 14.8. The molecule has 0 aliphatic carbocycles. The molecule has 0 radical (unpaired) electrons. The van der Waals surface area contributed by atoms with Crippen molar-refractivity contribution in [3.05, 3.63) is 35.4 Å². The minimum atomic E-state index is -6.46. The van der Waals surface area contributed by atoms with E-state index in [1.165, 1.54) is 0 Å². The van der Waals surface area contributed by atoms with Gasteiger partial charge in [-0.3, -0.25) is 0 Å². The van der Waals surface area contributed by atoms with Crippen molar-refractivity contribution < 1.29 is 62.9 Å². The SMILES string of the molecule is Nc1cc2c(C(O)(C(F)(F)F)C(F)(F)F)ccc(N)c2cc1C(O)(C(F)(F)F)C(F)(F)F. The van der Waals surface area contributed by atoms with Crippen LogP contribution in [0.25, 0.3) is 10.8 Å². The van der Waals surface area contributed by atoms with E-state index >= 15 is 0 Å². The van der Waals surface area contributed by atoms with Gasteiger partial charge in [0.15, 0.2) is 0 Å². The summed E-state index contributed by atoms with van der Waals surface area (Å²) < 4.78 is 158. The molecule has 0 saturated carbocycles. The molecule has 0 spiro atoms. The summed E-state index contributed by atoms with van der Waals surface area (Å²) in [7, 11) is 0. The summed E-state index contributed by atoms with van der Waals surface area (Å²) in [4.78, 5) is 0. The fourth-order valence-electron chi connectivity index (χ4n) is 2.99. The predicted octanol–water partition coefficient (Wildman–Crippen LogP) is 4.63. The molecule has 180 valence electrons. The Hall–Kier alpha value is -2.62. The first kappa shape index (κ1) is 25.6. The number of benzene rings is 2. The van der Waals surface area contributed by atoms with Crippen LogP contribution in [0.1, 0.15) is 11.1 Å². The molecule has 0 aliphatic rings. The zero-order chi connectivity index (χ0) is 25.3. The largest absolute Gasteiger partial charge is 0.430 e. The van der Waals surface area contributed by atoms with Crippen molar-refractivity contribution in [1.29, 1.82) is 0 Å². The molecule has 6 N–H and O–H groups in total. The average molecular weight is 490 g/mol. The number of aliphatic hydroxyl groups is 2. The molecule has 0 aromatic heterocycles. The Labute approximate surface area is 169 Å². The molecule has 0 fully saturated rings. The monoisotopic (exact) mass is 490 g/mol. The van der Waals surface area contributed by atoms with Crippen molar-refractivity contribution >= 4 is 22.1 Å². The summed E-state index contributed by atoms with van der Waals surface area (Å²) in [5, 5.41) is 16.5. The maximum atomic E-state index is 13.2. The van der Waals surface area contributed by atoms with Crippen molar-refractivity contribution in [3.8, 4) is 0 Å². The Morgan fingerprint density at radius 1 is 0.500 bits per heavy atom. The van der Waals surface area contributed by atoms with Gasteiger partial charge in [-0.05, 0) is 23.6 Å². The first-order valence-electron chi connectivity index (χ1n) is 7.86. The van der Waals surface area contributed by atoms with Crippen LogP contribution in [-0.4, -0.2) is 34.9 Å². The van der Waals surface area contributed by atoms with Gasteiger partial charge in [0.1, 0.15) is 0 Å². The van der Waals surface area contributed by atoms with Gasteiger partial charge in [0.05, 0.1) is 0 Å². The third-order valence-electron chi connectivity index (χ3n) is 4.64. The van der Waals surface area contributed by atoms with E-state index < -0.39 is 69.2 Å². The van der Waals surface area contributed by atoms with Crippen LogP contribution in [0.15, 0.2) is 24.3 Å². The van der Waals surface area contributed by atoms with Gasteiger partial charge in [-0.15, -0.1) is 0 Å². The van der Waals surface area contributed by atoms with Gasteiger partial charge >= 0.3 is 24.7 Å². The molecular weight excluding hydrogens is 480 g/mol. The van der Waals surface area contributed by atoms with Crippen LogP contribution in [0.2, 0.25) is 0 Å². The lowest BCUT2D eigenvalue weighted by Gasteiger charge is -2.35. The molecule has 0 atom stereocenters. The van der Waals surface area contributed by atoms with Crippen LogP contribution < -0.4 is 11.5 Å². The van der Waals surface area contributed by atoms with E-state index in [0.717, 1.165) is 0 Å². The fraction of sp³-hybridized carbons (Fsp3) is 0.375. The Morgan fingerprint density at radius 3 is 1.25 bits per heavy atom. The van der Waals surface area contributed by atoms with Crippen molar-refractivity contribution in [3.63, 3.8) is 0 Å². The second-order valence-electron chi connectivity index (χ2n) is 6.60. The van der Waals surface area contributed by atoms with E-state index in [-0.39, 0.29) is 18.2 Å². The van der Waals surface area contributed by atoms with Crippen LogP contribution in [0.4, 0.5) is 64.1 Å². The lowest BCUT2D eigenvalue weighted by molar-refractivity contribution is -0.376. The van der Waals surface area contributed by atoms with Gasteiger partial charge in [-0.25, -0.2) is 0 Å². The quantitative estimate of drug-likeness (QED) is 0.365. The molecule has 2 aromatic carbocycles. The molecule has 2 rings (SSSR count). The Bertz CT molecular complexity index is 1010. The zero-order valence-corrected chi connectivity index (χ0v) is 14.9. The molecule has 0 bridgehead atoms. The van der Waals surface area contributed by atoms with E-state index in [0.29, 0.717) is 6.07 Å². The number of alkyl halides is 12. The van der Waals surface area contributed by atoms with Crippen LogP contribution in [-0.2, 0) is 11.2 Å². The van der Waals surface area contributed by atoms with Gasteiger partial charge in [-0.1, -0.05) is 6.07 Å². The van der Waals surface area contributed by atoms with Gasteiger partial charge in [-0.2, -0.15) is 52.7 Å². The molecule has 32 heavy (non-hydrogen) atoms. The summed E-state index contributed by atoms with van der Waals surface area (Å²) in [6.07, 6.45) is -25.8. The van der Waals surface area contributed by atoms with Crippen molar-refractivity contribution in [2.75, 3.05) is 11.5 Å². The molecule has 16 heteroatoms. The minimum absolute atomic E-state index is 0.0392. The third-order valence-corrected chi connectivity index (χ3v) is 4.64. The highest BCUT2D eigenvalue weighted by molar-refractivity contribution is 5.98. The maximum Gasteiger partial charge on any atom is 0.430 e. The van der Waals surface area contributed by atoms with Gasteiger partial charge < -0.3 is 21.7 Å². The third kappa shape index (κ3) is 3.44. The van der Waals surface area contributed by atoms with Crippen LogP contribution >= 0.6 is 0 Å². The van der Waals surface area contributed by atoms with Crippen LogP contribution in [0, 0.1) is 0 Å². The van der Waals surface area contributed by atoms with E-state index in [9.17, 15) is 62.9 Å². The lowest BCUT2D eigenvalue weighted by Crippen LogP contribution is -2.54. The van der Waals surface area contributed by atoms with E-state index in [2.05, 4.69) is 0 Å². The van der Waals surface area contributed by atoms with Crippen molar-refractivity contribution in [2.45, 2.75) is 35.9 Å². The van der Waals surface area contributed by atoms with Crippen molar-refractivity contribution in [1.82, 2.24) is 0 Å². The average Bonchev–Trinajstić information content (AvgIpc) is 2.56. The Kier molecular flexibility index (Phi) is 5.56. The number of hydrogen-bond acceptors (Lipinski definition) is 4. The Morgan fingerprint density at radius 2 is 0.875 bits per heavy atom. The molecule has 4 nitrogen and oxygen atoms in total. The lowest BCUT2D eigenvalue weighted by atomic mass is 9.84.